The van der Waals surface area contributed by atoms with Crippen molar-refractivity contribution in [1.82, 2.24) is 10.2 Å². The standard InChI is InChI=1S/C18H30N2O4/c1-8-18(2,3)19-15(21)12-20(4)11-13-9-10-14(22-5)17(24-7)16(13)23-6/h9-10H,8,11-12H2,1-7H3,(H,19,21). The maximum absolute atomic E-state index is 12.2. The fourth-order valence-electron chi connectivity index (χ4n) is 2.38. The van der Waals surface area contributed by atoms with Crippen LogP contribution in [0.4, 0.5) is 0 Å². The van der Waals surface area contributed by atoms with Gasteiger partial charge >= 0.3 is 0 Å². The summed E-state index contributed by atoms with van der Waals surface area (Å²) in [5.41, 5.74) is 0.735. The molecule has 0 aliphatic heterocycles. The van der Waals surface area contributed by atoms with Gasteiger partial charge in [-0.1, -0.05) is 13.0 Å². The summed E-state index contributed by atoms with van der Waals surface area (Å²) >= 11 is 0. The van der Waals surface area contributed by atoms with Crippen LogP contribution in [0, 0.1) is 0 Å². The Hall–Kier alpha value is -1.95. The third-order valence-corrected chi connectivity index (χ3v) is 4.00. The molecule has 1 N–H and O–H groups in total. The number of ether oxygens (including phenoxy) is 3. The second-order valence-corrected chi connectivity index (χ2v) is 6.45. The van der Waals surface area contributed by atoms with Crippen LogP contribution in [0.15, 0.2) is 12.1 Å². The van der Waals surface area contributed by atoms with E-state index in [2.05, 4.69) is 12.2 Å². The van der Waals surface area contributed by atoms with Crippen LogP contribution in [0.1, 0.15) is 32.8 Å². The molecule has 0 aliphatic rings. The zero-order valence-corrected chi connectivity index (χ0v) is 15.9. The summed E-state index contributed by atoms with van der Waals surface area (Å²) in [5, 5.41) is 3.04. The van der Waals surface area contributed by atoms with Crippen LogP contribution >= 0.6 is 0 Å². The Morgan fingerprint density at radius 1 is 1.12 bits per heavy atom. The predicted octanol–water partition coefficient (Wildman–Crippen LogP) is 2.45. The van der Waals surface area contributed by atoms with E-state index in [9.17, 15) is 4.79 Å². The second-order valence-electron chi connectivity index (χ2n) is 6.45. The quantitative estimate of drug-likeness (QED) is 0.749. The van der Waals surface area contributed by atoms with Gasteiger partial charge in [-0.15, -0.1) is 0 Å². The molecule has 0 aromatic heterocycles. The van der Waals surface area contributed by atoms with Crippen molar-refractivity contribution < 1.29 is 19.0 Å². The van der Waals surface area contributed by atoms with Gasteiger partial charge in [-0.3, -0.25) is 9.69 Å². The number of amides is 1. The molecule has 0 heterocycles. The number of carbonyl (C=O) groups is 1. The van der Waals surface area contributed by atoms with E-state index in [0.717, 1.165) is 12.0 Å². The molecular weight excluding hydrogens is 308 g/mol. The maximum atomic E-state index is 12.2. The third kappa shape index (κ3) is 5.30. The minimum Gasteiger partial charge on any atom is -0.493 e. The SMILES string of the molecule is CCC(C)(C)NC(=O)CN(C)Cc1ccc(OC)c(OC)c1OC. The molecule has 0 bridgehead atoms. The first-order valence-electron chi connectivity index (χ1n) is 8.05. The molecule has 0 aliphatic carbocycles. The zero-order chi connectivity index (χ0) is 18.3. The van der Waals surface area contributed by atoms with E-state index in [1.54, 1.807) is 21.3 Å². The first-order chi connectivity index (χ1) is 11.3. The largest absolute Gasteiger partial charge is 0.493 e. The molecular formula is C18H30N2O4. The monoisotopic (exact) mass is 338 g/mol. The van der Waals surface area contributed by atoms with E-state index in [-0.39, 0.29) is 11.4 Å². The van der Waals surface area contributed by atoms with E-state index in [0.29, 0.717) is 30.3 Å². The number of rotatable bonds is 9. The molecule has 136 valence electrons. The molecule has 1 amide bonds. The Morgan fingerprint density at radius 2 is 1.75 bits per heavy atom. The van der Waals surface area contributed by atoms with Crippen LogP contribution in [0.25, 0.3) is 0 Å². The van der Waals surface area contributed by atoms with E-state index in [4.69, 9.17) is 14.2 Å². The van der Waals surface area contributed by atoms with Crippen molar-refractivity contribution in [3.05, 3.63) is 17.7 Å². The lowest BCUT2D eigenvalue weighted by Crippen LogP contribution is -2.46. The van der Waals surface area contributed by atoms with E-state index in [1.165, 1.54) is 0 Å². The lowest BCUT2D eigenvalue weighted by atomic mass is 10.0. The topological polar surface area (TPSA) is 60.0 Å². The van der Waals surface area contributed by atoms with E-state index < -0.39 is 0 Å². The Labute approximate surface area is 145 Å². The molecule has 6 nitrogen and oxygen atoms in total. The van der Waals surface area contributed by atoms with Crippen LogP contribution in [0.5, 0.6) is 17.2 Å². The first-order valence-corrected chi connectivity index (χ1v) is 8.05. The molecule has 0 saturated heterocycles. The van der Waals surface area contributed by atoms with Gasteiger partial charge in [0.25, 0.3) is 0 Å². The fourth-order valence-corrected chi connectivity index (χ4v) is 2.38. The van der Waals surface area contributed by atoms with E-state index in [1.807, 2.05) is 37.9 Å². The molecule has 0 radical (unpaired) electrons. The number of likely N-dealkylation sites (N-methyl/N-ethyl adjacent to an activating group) is 1. The highest BCUT2D eigenvalue weighted by molar-refractivity contribution is 5.78. The molecule has 0 unspecified atom stereocenters. The molecule has 0 fully saturated rings. The molecule has 6 heteroatoms. The molecule has 0 atom stereocenters. The Bertz CT molecular complexity index is 558. The lowest BCUT2D eigenvalue weighted by molar-refractivity contribution is -0.123. The van der Waals surface area contributed by atoms with Crippen molar-refractivity contribution in [3.8, 4) is 17.2 Å². The van der Waals surface area contributed by atoms with Gasteiger partial charge in [0.2, 0.25) is 11.7 Å². The molecule has 0 saturated carbocycles. The number of nitrogens with zero attached hydrogens (tertiary/aromatic N) is 1. The van der Waals surface area contributed by atoms with Crippen molar-refractivity contribution in [3.63, 3.8) is 0 Å². The summed E-state index contributed by atoms with van der Waals surface area (Å²) in [5.74, 6) is 1.80. The highest BCUT2D eigenvalue weighted by Gasteiger charge is 2.20. The normalized spacial score (nSPS) is 11.3. The highest BCUT2D eigenvalue weighted by atomic mass is 16.5. The molecule has 1 aromatic carbocycles. The van der Waals surface area contributed by atoms with Crippen LogP contribution in [0.2, 0.25) is 0 Å². The smallest absolute Gasteiger partial charge is 0.234 e. The number of carbonyl (C=O) groups excluding carboxylic acids is 1. The average Bonchev–Trinajstić information content (AvgIpc) is 2.53. The minimum atomic E-state index is -0.195. The van der Waals surface area contributed by atoms with Gasteiger partial charge in [-0.05, 0) is 33.4 Å². The van der Waals surface area contributed by atoms with Crippen molar-refractivity contribution in [2.45, 2.75) is 39.3 Å². The zero-order valence-electron chi connectivity index (χ0n) is 15.9. The molecule has 0 spiro atoms. The lowest BCUT2D eigenvalue weighted by Gasteiger charge is -2.26. The van der Waals surface area contributed by atoms with Gasteiger partial charge in [-0.25, -0.2) is 0 Å². The van der Waals surface area contributed by atoms with Gasteiger partial charge in [0.05, 0.1) is 27.9 Å². The van der Waals surface area contributed by atoms with Gasteiger partial charge in [0.15, 0.2) is 11.5 Å². The van der Waals surface area contributed by atoms with Crippen LogP contribution in [-0.4, -0.2) is 51.3 Å². The van der Waals surface area contributed by atoms with Crippen molar-refractivity contribution in [2.75, 3.05) is 34.9 Å². The first kappa shape index (κ1) is 20.1. The fraction of sp³-hybridized carbons (Fsp3) is 0.611. The summed E-state index contributed by atoms with van der Waals surface area (Å²) < 4.78 is 16.2. The van der Waals surface area contributed by atoms with Crippen LogP contribution in [0.3, 0.4) is 0 Å². The van der Waals surface area contributed by atoms with Gasteiger partial charge in [0.1, 0.15) is 0 Å². The second kappa shape index (κ2) is 8.78. The number of hydrogen-bond donors (Lipinski definition) is 1. The van der Waals surface area contributed by atoms with E-state index >= 15 is 0 Å². The highest BCUT2D eigenvalue weighted by Crippen LogP contribution is 2.40. The van der Waals surface area contributed by atoms with Crippen molar-refractivity contribution >= 4 is 5.91 Å². The van der Waals surface area contributed by atoms with Gasteiger partial charge < -0.3 is 19.5 Å². The van der Waals surface area contributed by atoms with Crippen LogP contribution < -0.4 is 19.5 Å². The maximum Gasteiger partial charge on any atom is 0.234 e. The van der Waals surface area contributed by atoms with Crippen LogP contribution in [-0.2, 0) is 11.3 Å². The van der Waals surface area contributed by atoms with Gasteiger partial charge in [0, 0.05) is 17.6 Å². The number of hydrogen-bond acceptors (Lipinski definition) is 5. The summed E-state index contributed by atoms with van der Waals surface area (Å²) in [7, 11) is 6.66. The predicted molar refractivity (Wildman–Crippen MR) is 94.9 cm³/mol. The Kier molecular flexibility index (Phi) is 7.35. The van der Waals surface area contributed by atoms with Crippen molar-refractivity contribution in [2.24, 2.45) is 0 Å². The molecule has 1 rings (SSSR count). The minimum absolute atomic E-state index is 0.00351. The summed E-state index contributed by atoms with van der Waals surface area (Å²) in [6.07, 6.45) is 0.881. The number of methoxy groups -OCH3 is 3. The number of benzene rings is 1. The summed E-state index contributed by atoms with van der Waals surface area (Å²) in [6.45, 7) is 6.95. The Balaban J connectivity index is 2.83. The average molecular weight is 338 g/mol. The van der Waals surface area contributed by atoms with Gasteiger partial charge in [-0.2, -0.15) is 0 Å². The van der Waals surface area contributed by atoms with Crippen molar-refractivity contribution in [1.29, 1.82) is 0 Å². The third-order valence-electron chi connectivity index (χ3n) is 4.00. The molecule has 1 aromatic rings. The number of nitrogens with one attached hydrogen (secondary N) is 1. The molecule has 24 heavy (non-hydrogen) atoms. The Morgan fingerprint density at radius 3 is 2.25 bits per heavy atom. The summed E-state index contributed by atoms with van der Waals surface area (Å²) in [4.78, 5) is 14.1. The summed E-state index contributed by atoms with van der Waals surface area (Å²) in [6, 6.07) is 3.76.